The summed E-state index contributed by atoms with van der Waals surface area (Å²) in [5.74, 6) is 1.67. The van der Waals surface area contributed by atoms with Crippen LogP contribution in [0.3, 0.4) is 0 Å². The normalized spacial score (nSPS) is 13.0. The number of rotatable bonds is 7. The summed E-state index contributed by atoms with van der Waals surface area (Å²) < 4.78 is 10.6. The molecule has 2 rings (SSSR count). The van der Waals surface area contributed by atoms with Crippen LogP contribution in [-0.4, -0.2) is 25.1 Å². The second-order valence-corrected chi connectivity index (χ2v) is 4.15. The minimum Gasteiger partial charge on any atom is -0.454 e. The summed E-state index contributed by atoms with van der Waals surface area (Å²) in [4.78, 5) is 0. The number of aliphatic hydroxyl groups is 1. The second kappa shape index (κ2) is 6.47. The Hall–Kier alpha value is -1.26. The van der Waals surface area contributed by atoms with Crippen LogP contribution in [0.15, 0.2) is 18.2 Å². The smallest absolute Gasteiger partial charge is 0.231 e. The van der Waals surface area contributed by atoms with Crippen molar-refractivity contribution in [2.75, 3.05) is 19.9 Å². The van der Waals surface area contributed by atoms with Gasteiger partial charge in [0, 0.05) is 13.2 Å². The summed E-state index contributed by atoms with van der Waals surface area (Å²) in [5.41, 5.74) is 1.21. The van der Waals surface area contributed by atoms with E-state index < -0.39 is 0 Å². The average molecular weight is 237 g/mol. The first-order valence-electron chi connectivity index (χ1n) is 6.10. The van der Waals surface area contributed by atoms with Gasteiger partial charge >= 0.3 is 0 Å². The molecule has 1 aromatic rings. The highest BCUT2D eigenvalue weighted by molar-refractivity contribution is 5.44. The van der Waals surface area contributed by atoms with Gasteiger partial charge in [-0.1, -0.05) is 6.07 Å². The van der Waals surface area contributed by atoms with E-state index in [0.717, 1.165) is 43.9 Å². The fraction of sp³-hybridized carbons (Fsp3) is 0.538. The van der Waals surface area contributed by atoms with Crippen molar-refractivity contribution in [3.05, 3.63) is 23.8 Å². The van der Waals surface area contributed by atoms with Gasteiger partial charge in [-0.25, -0.2) is 0 Å². The highest BCUT2D eigenvalue weighted by Crippen LogP contribution is 2.32. The Labute approximate surface area is 102 Å². The lowest BCUT2D eigenvalue weighted by molar-refractivity contribution is 0.174. The van der Waals surface area contributed by atoms with Gasteiger partial charge in [-0.05, 0) is 43.5 Å². The van der Waals surface area contributed by atoms with Crippen LogP contribution in [0, 0.1) is 0 Å². The third-order valence-electron chi connectivity index (χ3n) is 2.78. The van der Waals surface area contributed by atoms with E-state index in [2.05, 4.69) is 5.32 Å². The van der Waals surface area contributed by atoms with E-state index in [1.165, 1.54) is 5.56 Å². The Balaban J connectivity index is 1.69. The Kier molecular flexibility index (Phi) is 4.64. The number of hydrogen-bond donors (Lipinski definition) is 2. The molecule has 0 aromatic heterocycles. The molecule has 1 aliphatic heterocycles. The summed E-state index contributed by atoms with van der Waals surface area (Å²) in [7, 11) is 0. The second-order valence-electron chi connectivity index (χ2n) is 4.15. The number of ether oxygens (including phenoxy) is 2. The first-order chi connectivity index (χ1) is 8.40. The van der Waals surface area contributed by atoms with Crippen molar-refractivity contribution in [1.29, 1.82) is 0 Å². The SMILES string of the molecule is OCCCCCNCc1ccc2c(c1)OCO2. The zero-order chi connectivity index (χ0) is 11.9. The number of unbranched alkanes of at least 4 members (excludes halogenated alkanes) is 2. The van der Waals surface area contributed by atoms with Gasteiger partial charge in [0.15, 0.2) is 11.5 Å². The predicted octanol–water partition coefficient (Wildman–Crippen LogP) is 1.67. The molecule has 4 nitrogen and oxygen atoms in total. The maximum Gasteiger partial charge on any atom is 0.231 e. The third kappa shape index (κ3) is 3.61. The molecule has 0 fully saturated rings. The monoisotopic (exact) mass is 237 g/mol. The van der Waals surface area contributed by atoms with Crippen molar-refractivity contribution in [3.63, 3.8) is 0 Å². The molecular formula is C13H19NO3. The van der Waals surface area contributed by atoms with Crippen molar-refractivity contribution in [1.82, 2.24) is 5.32 Å². The summed E-state index contributed by atoms with van der Waals surface area (Å²) in [6, 6.07) is 6.02. The van der Waals surface area contributed by atoms with Gasteiger partial charge in [0.05, 0.1) is 0 Å². The van der Waals surface area contributed by atoms with E-state index >= 15 is 0 Å². The Morgan fingerprint density at radius 3 is 2.88 bits per heavy atom. The molecule has 0 amide bonds. The molecule has 17 heavy (non-hydrogen) atoms. The fourth-order valence-corrected chi connectivity index (χ4v) is 1.82. The van der Waals surface area contributed by atoms with Gasteiger partial charge in [-0.3, -0.25) is 0 Å². The quantitative estimate of drug-likeness (QED) is 0.708. The molecule has 0 saturated heterocycles. The van der Waals surface area contributed by atoms with Crippen molar-refractivity contribution in [2.45, 2.75) is 25.8 Å². The standard InChI is InChI=1S/C13H19NO3/c15-7-3-1-2-6-14-9-11-4-5-12-13(8-11)17-10-16-12/h4-5,8,14-15H,1-3,6-7,9-10H2. The predicted molar refractivity (Wildman–Crippen MR) is 65.2 cm³/mol. The van der Waals surface area contributed by atoms with Crippen LogP contribution in [-0.2, 0) is 6.54 Å². The van der Waals surface area contributed by atoms with E-state index in [1.807, 2.05) is 18.2 Å². The highest BCUT2D eigenvalue weighted by Gasteiger charge is 2.12. The van der Waals surface area contributed by atoms with Gasteiger partial charge < -0.3 is 19.9 Å². The minimum absolute atomic E-state index is 0.294. The third-order valence-corrected chi connectivity index (χ3v) is 2.78. The van der Waals surface area contributed by atoms with Crippen LogP contribution in [0.5, 0.6) is 11.5 Å². The molecule has 0 aliphatic carbocycles. The number of fused-ring (bicyclic) bond motifs is 1. The molecule has 1 aliphatic rings. The Bertz CT molecular complexity index is 355. The van der Waals surface area contributed by atoms with E-state index in [4.69, 9.17) is 14.6 Å². The van der Waals surface area contributed by atoms with Crippen LogP contribution in [0.25, 0.3) is 0 Å². The molecule has 0 spiro atoms. The summed E-state index contributed by atoms with van der Waals surface area (Å²) in [6.07, 6.45) is 3.07. The van der Waals surface area contributed by atoms with Crippen LogP contribution >= 0.6 is 0 Å². The van der Waals surface area contributed by atoms with E-state index in [0.29, 0.717) is 13.4 Å². The Morgan fingerprint density at radius 2 is 2.00 bits per heavy atom. The lowest BCUT2D eigenvalue weighted by Crippen LogP contribution is -2.14. The molecule has 0 atom stereocenters. The summed E-state index contributed by atoms with van der Waals surface area (Å²) in [5, 5.41) is 12.0. The lowest BCUT2D eigenvalue weighted by Gasteiger charge is -2.05. The van der Waals surface area contributed by atoms with Crippen molar-refractivity contribution in [2.24, 2.45) is 0 Å². The van der Waals surface area contributed by atoms with Gasteiger partial charge in [0.1, 0.15) is 0 Å². The number of aliphatic hydroxyl groups excluding tert-OH is 1. The zero-order valence-corrected chi connectivity index (χ0v) is 9.95. The molecule has 0 unspecified atom stereocenters. The van der Waals surface area contributed by atoms with Crippen LogP contribution in [0.1, 0.15) is 24.8 Å². The molecule has 1 aromatic carbocycles. The molecule has 4 heteroatoms. The zero-order valence-electron chi connectivity index (χ0n) is 9.95. The van der Waals surface area contributed by atoms with E-state index in [9.17, 15) is 0 Å². The fourth-order valence-electron chi connectivity index (χ4n) is 1.82. The Morgan fingerprint density at radius 1 is 1.12 bits per heavy atom. The van der Waals surface area contributed by atoms with Gasteiger partial charge in [0.25, 0.3) is 0 Å². The number of hydrogen-bond acceptors (Lipinski definition) is 4. The van der Waals surface area contributed by atoms with Gasteiger partial charge in [-0.15, -0.1) is 0 Å². The molecule has 94 valence electrons. The topological polar surface area (TPSA) is 50.7 Å². The van der Waals surface area contributed by atoms with Crippen LogP contribution in [0.4, 0.5) is 0 Å². The van der Waals surface area contributed by atoms with E-state index in [1.54, 1.807) is 0 Å². The molecule has 2 N–H and O–H groups in total. The van der Waals surface area contributed by atoms with E-state index in [-0.39, 0.29) is 0 Å². The largest absolute Gasteiger partial charge is 0.454 e. The maximum absolute atomic E-state index is 8.64. The maximum atomic E-state index is 8.64. The first-order valence-corrected chi connectivity index (χ1v) is 6.10. The highest BCUT2D eigenvalue weighted by atomic mass is 16.7. The van der Waals surface area contributed by atoms with Crippen molar-refractivity contribution in [3.8, 4) is 11.5 Å². The van der Waals surface area contributed by atoms with Crippen molar-refractivity contribution >= 4 is 0 Å². The molecule has 0 saturated carbocycles. The average Bonchev–Trinajstić information content (AvgIpc) is 2.81. The van der Waals surface area contributed by atoms with Crippen LogP contribution < -0.4 is 14.8 Å². The van der Waals surface area contributed by atoms with Gasteiger partial charge in [0.2, 0.25) is 6.79 Å². The molecule has 0 bridgehead atoms. The molecule has 1 heterocycles. The minimum atomic E-state index is 0.294. The number of nitrogens with one attached hydrogen (secondary N) is 1. The summed E-state index contributed by atoms with van der Waals surface area (Å²) >= 11 is 0. The van der Waals surface area contributed by atoms with Crippen molar-refractivity contribution < 1.29 is 14.6 Å². The first kappa shape index (κ1) is 12.2. The number of benzene rings is 1. The molecule has 0 radical (unpaired) electrons. The van der Waals surface area contributed by atoms with Gasteiger partial charge in [-0.2, -0.15) is 0 Å². The van der Waals surface area contributed by atoms with Crippen LogP contribution in [0.2, 0.25) is 0 Å². The lowest BCUT2D eigenvalue weighted by atomic mass is 10.2. The molecular weight excluding hydrogens is 218 g/mol. The summed E-state index contributed by atoms with van der Waals surface area (Å²) in [6.45, 7) is 2.44.